The average Bonchev–Trinajstić information content (AvgIpc) is 2.61. The third-order valence-corrected chi connectivity index (χ3v) is 5.82. The minimum atomic E-state index is -3.65. The Kier molecular flexibility index (Phi) is 6.59. The Morgan fingerprint density at radius 3 is 2.48 bits per heavy atom. The summed E-state index contributed by atoms with van der Waals surface area (Å²) in [6.45, 7) is 1.14. The highest BCUT2D eigenvalue weighted by molar-refractivity contribution is 7.89. The summed E-state index contributed by atoms with van der Waals surface area (Å²) < 4.78 is 30.7. The Morgan fingerprint density at radius 1 is 1.15 bits per heavy atom. The van der Waals surface area contributed by atoms with Crippen molar-refractivity contribution >= 4 is 39.2 Å². The van der Waals surface area contributed by atoms with E-state index in [1.165, 1.54) is 32.3 Å². The van der Waals surface area contributed by atoms with Crippen molar-refractivity contribution in [3.8, 4) is 0 Å². The number of hydrogen-bond donors (Lipinski definition) is 1. The number of rotatable bonds is 6. The lowest BCUT2D eigenvalue weighted by Gasteiger charge is -2.15. The van der Waals surface area contributed by atoms with Crippen molar-refractivity contribution in [3.05, 3.63) is 58.6 Å². The van der Waals surface area contributed by atoms with E-state index in [4.69, 9.17) is 16.3 Å². The van der Waals surface area contributed by atoms with Gasteiger partial charge < -0.3 is 10.1 Å². The molecule has 0 fully saturated rings. The van der Waals surface area contributed by atoms with E-state index in [2.05, 4.69) is 5.32 Å². The molecule has 0 aliphatic heterocycles. The lowest BCUT2D eigenvalue weighted by molar-refractivity contribution is -0.119. The van der Waals surface area contributed by atoms with Crippen molar-refractivity contribution in [2.45, 2.75) is 11.8 Å². The summed E-state index contributed by atoms with van der Waals surface area (Å²) in [6.07, 6.45) is 0. The quantitative estimate of drug-likeness (QED) is 0.739. The zero-order chi connectivity index (χ0) is 20.2. The van der Waals surface area contributed by atoms with Crippen LogP contribution in [0.1, 0.15) is 15.9 Å². The second kappa shape index (κ2) is 8.51. The Labute approximate surface area is 162 Å². The van der Waals surface area contributed by atoms with E-state index in [1.54, 1.807) is 31.2 Å². The number of carbonyl (C=O) groups excluding carboxylic acids is 2. The number of benzene rings is 2. The molecule has 0 heterocycles. The Hall–Kier alpha value is -2.42. The lowest BCUT2D eigenvalue weighted by atomic mass is 10.2. The number of carbonyl (C=O) groups is 2. The van der Waals surface area contributed by atoms with Gasteiger partial charge in [0.05, 0.1) is 10.5 Å². The summed E-state index contributed by atoms with van der Waals surface area (Å²) >= 11 is 5.81. The second-order valence-electron chi connectivity index (χ2n) is 5.90. The van der Waals surface area contributed by atoms with Gasteiger partial charge in [-0.1, -0.05) is 23.7 Å². The van der Waals surface area contributed by atoms with E-state index >= 15 is 0 Å². The molecular formula is C18H19ClN2O5S. The van der Waals surface area contributed by atoms with Crippen molar-refractivity contribution in [2.24, 2.45) is 0 Å². The van der Waals surface area contributed by atoms with Gasteiger partial charge in [0.1, 0.15) is 0 Å². The van der Waals surface area contributed by atoms with E-state index in [0.717, 1.165) is 4.31 Å². The summed E-state index contributed by atoms with van der Waals surface area (Å²) in [5, 5.41) is 2.89. The monoisotopic (exact) mass is 410 g/mol. The molecule has 2 rings (SSSR count). The standard InChI is InChI=1S/C18H19ClN2O5S/c1-12-7-8-15(10-16(12)27(24,25)21(2)3)20-17(22)11-26-18(23)13-5-4-6-14(19)9-13/h4-10H,11H2,1-3H3,(H,20,22). The molecule has 0 radical (unpaired) electrons. The third-order valence-electron chi connectivity index (χ3n) is 3.63. The smallest absolute Gasteiger partial charge is 0.338 e. The minimum Gasteiger partial charge on any atom is -0.452 e. The van der Waals surface area contributed by atoms with Crippen molar-refractivity contribution < 1.29 is 22.7 Å². The number of sulfonamides is 1. The fraction of sp³-hybridized carbons (Fsp3) is 0.222. The number of nitrogens with zero attached hydrogens (tertiary/aromatic N) is 1. The molecule has 144 valence electrons. The van der Waals surface area contributed by atoms with E-state index in [9.17, 15) is 18.0 Å². The fourth-order valence-corrected chi connectivity index (χ4v) is 3.51. The SMILES string of the molecule is Cc1ccc(NC(=O)COC(=O)c2cccc(Cl)c2)cc1S(=O)(=O)N(C)C. The Bertz CT molecular complexity index is 973. The maximum atomic E-state index is 12.3. The molecule has 0 aliphatic carbocycles. The number of hydrogen-bond acceptors (Lipinski definition) is 5. The second-order valence-corrected chi connectivity index (χ2v) is 8.46. The van der Waals surface area contributed by atoms with Gasteiger partial charge in [-0.2, -0.15) is 0 Å². The van der Waals surface area contributed by atoms with Gasteiger partial charge in [0.2, 0.25) is 10.0 Å². The zero-order valence-corrected chi connectivity index (χ0v) is 16.6. The van der Waals surface area contributed by atoms with Gasteiger partial charge >= 0.3 is 5.97 Å². The van der Waals surface area contributed by atoms with Crippen LogP contribution in [0.5, 0.6) is 0 Å². The van der Waals surface area contributed by atoms with Crippen molar-refractivity contribution in [1.29, 1.82) is 0 Å². The van der Waals surface area contributed by atoms with Crippen LogP contribution in [0.2, 0.25) is 5.02 Å². The Balaban J connectivity index is 2.05. The van der Waals surface area contributed by atoms with Gasteiger partial charge in [-0.3, -0.25) is 4.79 Å². The van der Waals surface area contributed by atoms with Gasteiger partial charge in [-0.25, -0.2) is 17.5 Å². The van der Waals surface area contributed by atoms with E-state index in [-0.39, 0.29) is 16.1 Å². The number of esters is 1. The fourth-order valence-electron chi connectivity index (χ4n) is 2.18. The third kappa shape index (κ3) is 5.29. The zero-order valence-electron chi connectivity index (χ0n) is 15.0. The number of amides is 1. The van der Waals surface area contributed by atoms with Crippen LogP contribution >= 0.6 is 11.6 Å². The summed E-state index contributed by atoms with van der Waals surface area (Å²) in [6, 6.07) is 10.7. The van der Waals surface area contributed by atoms with Gasteiger partial charge in [0.15, 0.2) is 6.61 Å². The maximum absolute atomic E-state index is 12.3. The molecule has 2 aromatic carbocycles. The highest BCUT2D eigenvalue weighted by Gasteiger charge is 2.20. The van der Waals surface area contributed by atoms with Crippen molar-refractivity contribution in [1.82, 2.24) is 4.31 Å². The Morgan fingerprint density at radius 2 is 1.85 bits per heavy atom. The normalized spacial score (nSPS) is 11.3. The summed E-state index contributed by atoms with van der Waals surface area (Å²) in [4.78, 5) is 24.0. The first-order chi connectivity index (χ1) is 12.6. The number of ether oxygens (including phenoxy) is 1. The van der Waals surface area contributed by atoms with Crippen LogP contribution in [0, 0.1) is 6.92 Å². The van der Waals surface area contributed by atoms with Crippen LogP contribution in [0.25, 0.3) is 0 Å². The highest BCUT2D eigenvalue weighted by atomic mass is 35.5. The molecule has 1 amide bonds. The highest BCUT2D eigenvalue weighted by Crippen LogP contribution is 2.22. The van der Waals surface area contributed by atoms with Crippen LogP contribution in [0.15, 0.2) is 47.4 Å². The number of anilines is 1. The van der Waals surface area contributed by atoms with Crippen LogP contribution in [-0.4, -0.2) is 45.3 Å². The van der Waals surface area contributed by atoms with Crippen LogP contribution < -0.4 is 5.32 Å². The molecule has 0 bridgehead atoms. The van der Waals surface area contributed by atoms with E-state index in [1.807, 2.05) is 0 Å². The van der Waals surface area contributed by atoms with Gasteiger partial charge in [-0.05, 0) is 42.8 Å². The van der Waals surface area contributed by atoms with Gasteiger partial charge in [0, 0.05) is 24.8 Å². The predicted octanol–water partition coefficient (Wildman–Crippen LogP) is 2.69. The molecule has 7 nitrogen and oxygen atoms in total. The van der Waals surface area contributed by atoms with Gasteiger partial charge in [-0.15, -0.1) is 0 Å². The first kappa shape index (κ1) is 20.9. The molecule has 2 aromatic rings. The maximum Gasteiger partial charge on any atom is 0.338 e. The molecule has 1 N–H and O–H groups in total. The molecule has 0 aromatic heterocycles. The van der Waals surface area contributed by atoms with E-state index in [0.29, 0.717) is 10.6 Å². The van der Waals surface area contributed by atoms with Crippen LogP contribution in [-0.2, 0) is 19.6 Å². The number of nitrogens with one attached hydrogen (secondary N) is 1. The van der Waals surface area contributed by atoms with Crippen molar-refractivity contribution in [2.75, 3.05) is 26.0 Å². The molecule has 0 atom stereocenters. The molecule has 0 aliphatic rings. The first-order valence-corrected chi connectivity index (χ1v) is 9.69. The lowest BCUT2D eigenvalue weighted by Crippen LogP contribution is -2.24. The molecular weight excluding hydrogens is 392 g/mol. The predicted molar refractivity (Wildman–Crippen MR) is 102 cm³/mol. The molecule has 0 spiro atoms. The van der Waals surface area contributed by atoms with Crippen LogP contribution in [0.4, 0.5) is 5.69 Å². The summed E-state index contributed by atoms with van der Waals surface area (Å²) in [7, 11) is -0.796. The average molecular weight is 411 g/mol. The molecule has 0 saturated heterocycles. The topological polar surface area (TPSA) is 92.8 Å². The molecule has 0 saturated carbocycles. The van der Waals surface area contributed by atoms with Crippen molar-refractivity contribution in [3.63, 3.8) is 0 Å². The number of aryl methyl sites for hydroxylation is 1. The molecule has 9 heteroatoms. The molecule has 0 unspecified atom stereocenters. The first-order valence-electron chi connectivity index (χ1n) is 7.87. The summed E-state index contributed by atoms with van der Waals surface area (Å²) in [5.74, 6) is -1.28. The summed E-state index contributed by atoms with van der Waals surface area (Å²) in [5.41, 5.74) is 1.06. The largest absolute Gasteiger partial charge is 0.452 e. The molecule has 27 heavy (non-hydrogen) atoms. The van der Waals surface area contributed by atoms with Crippen LogP contribution in [0.3, 0.4) is 0 Å². The van der Waals surface area contributed by atoms with E-state index < -0.39 is 28.5 Å². The van der Waals surface area contributed by atoms with Gasteiger partial charge in [0.25, 0.3) is 5.91 Å². The minimum absolute atomic E-state index is 0.0845. The number of halogens is 1.